The lowest BCUT2D eigenvalue weighted by Crippen LogP contribution is -2.46. The number of piperidine rings is 1. The Kier molecular flexibility index (Phi) is 4.18. The monoisotopic (exact) mass is 302 g/mol. The highest BCUT2D eigenvalue weighted by molar-refractivity contribution is 5.93. The Bertz CT molecular complexity index is 588. The van der Waals surface area contributed by atoms with E-state index in [1.165, 1.54) is 5.56 Å². The third-order valence-corrected chi connectivity index (χ3v) is 4.41. The smallest absolute Gasteiger partial charge is 0.314 e. The van der Waals surface area contributed by atoms with Crippen LogP contribution < -0.4 is 16.4 Å². The van der Waals surface area contributed by atoms with Crippen molar-refractivity contribution >= 4 is 23.3 Å². The van der Waals surface area contributed by atoms with Crippen LogP contribution in [-0.4, -0.2) is 36.5 Å². The van der Waals surface area contributed by atoms with Gasteiger partial charge in [-0.15, -0.1) is 0 Å². The molecule has 2 aliphatic heterocycles. The van der Waals surface area contributed by atoms with Crippen molar-refractivity contribution in [2.45, 2.75) is 25.7 Å². The first-order valence-electron chi connectivity index (χ1n) is 7.85. The van der Waals surface area contributed by atoms with Gasteiger partial charge in [-0.2, -0.15) is 0 Å². The Morgan fingerprint density at radius 2 is 2.18 bits per heavy atom. The van der Waals surface area contributed by atoms with Crippen molar-refractivity contribution in [3.05, 3.63) is 23.8 Å². The van der Waals surface area contributed by atoms with Crippen LogP contribution in [0.25, 0.3) is 0 Å². The maximum absolute atomic E-state index is 12.4. The van der Waals surface area contributed by atoms with Gasteiger partial charge in [0.05, 0.1) is 5.92 Å². The zero-order chi connectivity index (χ0) is 15.5. The summed E-state index contributed by atoms with van der Waals surface area (Å²) < 4.78 is 0. The van der Waals surface area contributed by atoms with E-state index in [0.29, 0.717) is 13.1 Å². The van der Waals surface area contributed by atoms with E-state index in [4.69, 9.17) is 5.73 Å². The van der Waals surface area contributed by atoms with Gasteiger partial charge in [-0.25, -0.2) is 4.79 Å². The maximum Gasteiger partial charge on any atom is 0.314 e. The molecule has 3 rings (SSSR count). The predicted molar refractivity (Wildman–Crippen MR) is 85.8 cm³/mol. The number of nitrogens with zero attached hydrogens (tertiary/aromatic N) is 1. The highest BCUT2D eigenvalue weighted by Gasteiger charge is 2.27. The number of fused-ring (bicyclic) bond motifs is 1. The molecule has 6 nitrogen and oxygen atoms in total. The predicted octanol–water partition coefficient (Wildman–Crippen LogP) is 1.77. The molecular weight excluding hydrogens is 280 g/mol. The van der Waals surface area contributed by atoms with E-state index in [2.05, 4.69) is 10.6 Å². The van der Waals surface area contributed by atoms with Gasteiger partial charge in [0, 0.05) is 31.0 Å². The lowest BCUT2D eigenvalue weighted by Gasteiger charge is -2.30. The quantitative estimate of drug-likeness (QED) is 0.778. The standard InChI is InChI=1S/C16H22N4O2/c17-16(22)20-8-2-4-12(10-20)15(21)19-13-5-6-14-11(9-13)3-1-7-18-14/h5-6,9,12,18H,1-4,7-8,10H2,(H2,17,22)(H,19,21). The Balaban J connectivity index is 1.65. The summed E-state index contributed by atoms with van der Waals surface area (Å²) in [7, 11) is 0. The molecule has 1 aromatic rings. The summed E-state index contributed by atoms with van der Waals surface area (Å²) in [6, 6.07) is 5.52. The SMILES string of the molecule is NC(=O)N1CCCC(C(=O)Nc2ccc3c(c2)CCCN3)C1. The fraction of sp³-hybridized carbons (Fsp3) is 0.500. The van der Waals surface area contributed by atoms with Gasteiger partial charge in [-0.1, -0.05) is 0 Å². The van der Waals surface area contributed by atoms with Crippen molar-refractivity contribution < 1.29 is 9.59 Å². The van der Waals surface area contributed by atoms with Crippen LogP contribution >= 0.6 is 0 Å². The van der Waals surface area contributed by atoms with Gasteiger partial charge < -0.3 is 21.3 Å². The Morgan fingerprint density at radius 1 is 1.32 bits per heavy atom. The number of hydrogen-bond acceptors (Lipinski definition) is 3. The molecule has 1 atom stereocenters. The van der Waals surface area contributed by atoms with Crippen LogP contribution in [0.3, 0.4) is 0 Å². The molecule has 22 heavy (non-hydrogen) atoms. The van der Waals surface area contributed by atoms with Crippen molar-refractivity contribution in [1.29, 1.82) is 0 Å². The van der Waals surface area contributed by atoms with Gasteiger partial charge >= 0.3 is 6.03 Å². The van der Waals surface area contributed by atoms with Crippen molar-refractivity contribution in [3.8, 4) is 0 Å². The van der Waals surface area contributed by atoms with Crippen LogP contribution in [0.15, 0.2) is 18.2 Å². The molecule has 2 aliphatic rings. The lowest BCUT2D eigenvalue weighted by molar-refractivity contribution is -0.121. The van der Waals surface area contributed by atoms with Crippen LogP contribution in [-0.2, 0) is 11.2 Å². The number of anilines is 2. The summed E-state index contributed by atoms with van der Waals surface area (Å²) >= 11 is 0. The Labute approximate surface area is 130 Å². The van der Waals surface area contributed by atoms with Gasteiger partial charge in [-0.05, 0) is 49.4 Å². The van der Waals surface area contributed by atoms with E-state index in [-0.39, 0.29) is 11.8 Å². The third-order valence-electron chi connectivity index (χ3n) is 4.41. The molecule has 1 saturated heterocycles. The molecule has 3 amide bonds. The summed E-state index contributed by atoms with van der Waals surface area (Å²) in [5, 5.41) is 6.33. The van der Waals surface area contributed by atoms with Crippen LogP contribution in [0.5, 0.6) is 0 Å². The van der Waals surface area contributed by atoms with E-state index >= 15 is 0 Å². The highest BCUT2D eigenvalue weighted by Crippen LogP contribution is 2.26. The molecule has 118 valence electrons. The van der Waals surface area contributed by atoms with E-state index in [1.807, 2.05) is 18.2 Å². The molecule has 0 spiro atoms. The summed E-state index contributed by atoms with van der Waals surface area (Å²) in [4.78, 5) is 25.2. The average molecular weight is 302 g/mol. The molecule has 0 saturated carbocycles. The van der Waals surface area contributed by atoms with Gasteiger partial charge in [-0.3, -0.25) is 4.79 Å². The second kappa shape index (κ2) is 6.25. The maximum atomic E-state index is 12.4. The average Bonchev–Trinajstić information content (AvgIpc) is 2.55. The minimum absolute atomic E-state index is 0.0327. The number of amides is 3. The van der Waals surface area contributed by atoms with Crippen LogP contribution in [0.4, 0.5) is 16.2 Å². The van der Waals surface area contributed by atoms with Crippen LogP contribution in [0, 0.1) is 5.92 Å². The van der Waals surface area contributed by atoms with Crippen molar-refractivity contribution in [3.63, 3.8) is 0 Å². The third kappa shape index (κ3) is 3.16. The largest absolute Gasteiger partial charge is 0.385 e. The molecule has 1 fully saturated rings. The number of nitrogens with two attached hydrogens (primary N) is 1. The number of nitrogens with one attached hydrogen (secondary N) is 2. The fourth-order valence-electron chi connectivity index (χ4n) is 3.19. The number of benzene rings is 1. The number of carbonyl (C=O) groups is 2. The first-order chi connectivity index (χ1) is 10.6. The van der Waals surface area contributed by atoms with Crippen LogP contribution in [0.2, 0.25) is 0 Å². The fourth-order valence-corrected chi connectivity index (χ4v) is 3.19. The summed E-state index contributed by atoms with van der Waals surface area (Å²) in [6.45, 7) is 2.06. The first-order valence-corrected chi connectivity index (χ1v) is 7.85. The minimum atomic E-state index is -0.447. The van der Waals surface area contributed by atoms with Gasteiger partial charge in [0.15, 0.2) is 0 Å². The van der Waals surface area contributed by atoms with Crippen molar-refractivity contribution in [2.24, 2.45) is 11.7 Å². The molecule has 0 radical (unpaired) electrons. The lowest BCUT2D eigenvalue weighted by atomic mass is 9.97. The molecule has 1 aromatic carbocycles. The molecule has 0 bridgehead atoms. The van der Waals surface area contributed by atoms with Gasteiger partial charge in [0.1, 0.15) is 0 Å². The molecule has 2 heterocycles. The highest BCUT2D eigenvalue weighted by atomic mass is 16.2. The topological polar surface area (TPSA) is 87.5 Å². The number of aryl methyl sites for hydroxylation is 1. The van der Waals surface area contributed by atoms with Crippen molar-refractivity contribution in [1.82, 2.24) is 4.90 Å². The summed E-state index contributed by atoms with van der Waals surface area (Å²) in [5.41, 5.74) is 8.53. The normalized spacial score (nSPS) is 20.7. The summed E-state index contributed by atoms with van der Waals surface area (Å²) in [6.07, 6.45) is 3.75. The second-order valence-electron chi connectivity index (χ2n) is 6.01. The zero-order valence-corrected chi connectivity index (χ0v) is 12.6. The Hall–Kier alpha value is -2.24. The first kappa shape index (κ1) is 14.7. The molecule has 0 aromatic heterocycles. The van der Waals surface area contributed by atoms with Gasteiger partial charge in [0.25, 0.3) is 0 Å². The molecular formula is C16H22N4O2. The molecule has 6 heteroatoms. The van der Waals surface area contributed by atoms with E-state index in [0.717, 1.165) is 43.6 Å². The number of urea groups is 1. The molecule has 1 unspecified atom stereocenters. The molecule has 4 N–H and O–H groups in total. The number of likely N-dealkylation sites (tertiary alicyclic amines) is 1. The van der Waals surface area contributed by atoms with E-state index in [9.17, 15) is 9.59 Å². The number of carbonyl (C=O) groups excluding carboxylic acids is 2. The number of hydrogen-bond donors (Lipinski definition) is 3. The Morgan fingerprint density at radius 3 is 3.00 bits per heavy atom. The van der Waals surface area contributed by atoms with Crippen LogP contribution in [0.1, 0.15) is 24.8 Å². The summed E-state index contributed by atoms with van der Waals surface area (Å²) in [5.74, 6) is -0.218. The van der Waals surface area contributed by atoms with Crippen molar-refractivity contribution in [2.75, 3.05) is 30.3 Å². The second-order valence-corrected chi connectivity index (χ2v) is 6.01. The number of rotatable bonds is 2. The zero-order valence-electron chi connectivity index (χ0n) is 12.6. The van der Waals surface area contributed by atoms with E-state index < -0.39 is 6.03 Å². The van der Waals surface area contributed by atoms with Gasteiger partial charge in [0.2, 0.25) is 5.91 Å². The number of primary amides is 1. The minimum Gasteiger partial charge on any atom is -0.385 e. The molecule has 0 aliphatic carbocycles. The van der Waals surface area contributed by atoms with E-state index in [1.54, 1.807) is 4.90 Å².